The molecule has 0 radical (unpaired) electrons. The molecule has 0 amide bonds. The molecular weight excluding hydrogens is 636 g/mol. The number of benzene rings is 2. The van der Waals surface area contributed by atoms with E-state index in [2.05, 4.69) is 0 Å². The van der Waals surface area contributed by atoms with Crippen molar-refractivity contribution in [3.63, 3.8) is 0 Å². The number of fused-ring (bicyclic) bond motifs is 1. The molecule has 2 aromatic carbocycles. The van der Waals surface area contributed by atoms with Crippen molar-refractivity contribution in [3.05, 3.63) is 40.6 Å². The van der Waals surface area contributed by atoms with Crippen LogP contribution >= 0.6 is 0 Å². The minimum atomic E-state index is -1.96. The monoisotopic (exact) mass is 668 g/mol. The van der Waals surface area contributed by atoms with E-state index in [0.717, 1.165) is 18.2 Å². The summed E-state index contributed by atoms with van der Waals surface area (Å²) in [4.78, 5) is 24.5. The lowest BCUT2D eigenvalue weighted by Crippen LogP contribution is -2.61. The van der Waals surface area contributed by atoms with Crippen LogP contribution in [0.5, 0.6) is 28.7 Å². The number of ether oxygens (including phenoxy) is 6. The first-order valence-electron chi connectivity index (χ1n) is 13.9. The number of carboxylic acid groups (broad SMARTS) is 1. The number of aliphatic hydroxyl groups is 7. The molecule has 10 atom stereocenters. The van der Waals surface area contributed by atoms with Crippen molar-refractivity contribution in [1.82, 2.24) is 0 Å². The fourth-order valence-electron chi connectivity index (χ4n) is 5.16. The minimum Gasteiger partial charge on any atom is -0.507 e. The summed E-state index contributed by atoms with van der Waals surface area (Å²) in [5, 5.41) is 90.0. The van der Waals surface area contributed by atoms with Gasteiger partial charge < -0.3 is 78.8 Å². The van der Waals surface area contributed by atoms with Crippen LogP contribution in [0.25, 0.3) is 22.3 Å². The number of aliphatic hydroxyl groups excluding tert-OH is 7. The van der Waals surface area contributed by atoms with E-state index in [1.165, 1.54) is 26.4 Å². The first-order chi connectivity index (χ1) is 22.3. The number of rotatable bonds is 9. The molecule has 0 bridgehead atoms. The third-order valence-electron chi connectivity index (χ3n) is 7.68. The smallest absolute Gasteiger partial charge is 0.335 e. The highest BCUT2D eigenvalue weighted by atomic mass is 16.7. The van der Waals surface area contributed by atoms with Crippen molar-refractivity contribution in [2.24, 2.45) is 0 Å². The number of methoxy groups -OCH3 is 2. The van der Waals surface area contributed by atoms with Gasteiger partial charge in [-0.1, -0.05) is 0 Å². The maximum Gasteiger partial charge on any atom is 0.335 e. The lowest BCUT2D eigenvalue weighted by molar-refractivity contribution is -0.277. The number of phenolic OH excluding ortho intramolecular Hbond substituents is 1. The molecule has 2 saturated heterocycles. The Bertz CT molecular complexity index is 1650. The highest BCUT2D eigenvalue weighted by molar-refractivity contribution is 5.86. The van der Waals surface area contributed by atoms with E-state index in [9.17, 15) is 55.5 Å². The highest BCUT2D eigenvalue weighted by Crippen LogP contribution is 2.43. The van der Waals surface area contributed by atoms with Gasteiger partial charge in [-0.3, -0.25) is 4.79 Å². The molecule has 2 fully saturated rings. The molecule has 3 aromatic rings. The molecule has 3 heterocycles. The first-order valence-corrected chi connectivity index (χ1v) is 13.9. The Morgan fingerprint density at radius 3 is 1.96 bits per heavy atom. The third kappa shape index (κ3) is 6.38. The van der Waals surface area contributed by atoms with Gasteiger partial charge in [0.15, 0.2) is 23.0 Å². The molecule has 9 N–H and O–H groups in total. The SMILES string of the molecule is COc1cc(-c2cc(=O)c3c(O)cc(O[C@@H]4O[C@H](C(=O)O)[C@@H](O)[C@H](O)[C@H]4O)cc3o2)cc(OC)c1O[C@@H]1O[C@H](CO)[C@@H](O)[C@H](O)[C@H]1O. The Hall–Kier alpha value is -4.24. The van der Waals surface area contributed by atoms with Crippen molar-refractivity contribution in [2.75, 3.05) is 20.8 Å². The summed E-state index contributed by atoms with van der Waals surface area (Å²) >= 11 is 0. The number of hydrogen-bond acceptors (Lipinski definition) is 17. The van der Waals surface area contributed by atoms with Crippen LogP contribution in [0, 0.1) is 0 Å². The van der Waals surface area contributed by atoms with Crippen molar-refractivity contribution < 1.29 is 83.6 Å². The maximum absolute atomic E-state index is 13.1. The normalized spacial score (nSPS) is 30.9. The molecule has 18 heteroatoms. The van der Waals surface area contributed by atoms with Crippen molar-refractivity contribution >= 4 is 16.9 Å². The van der Waals surface area contributed by atoms with Crippen LogP contribution < -0.4 is 24.4 Å². The molecule has 0 unspecified atom stereocenters. The number of aromatic hydroxyl groups is 1. The average Bonchev–Trinajstić information content (AvgIpc) is 3.04. The summed E-state index contributed by atoms with van der Waals surface area (Å²) < 4.78 is 38.5. The number of carbonyl (C=O) groups is 1. The Balaban J connectivity index is 1.49. The largest absolute Gasteiger partial charge is 0.507 e. The zero-order valence-electron chi connectivity index (χ0n) is 24.6. The van der Waals surface area contributed by atoms with Gasteiger partial charge in [0.2, 0.25) is 18.3 Å². The quantitative estimate of drug-likeness (QED) is 0.115. The van der Waals surface area contributed by atoms with Crippen LogP contribution in [-0.4, -0.2) is 134 Å². The van der Waals surface area contributed by atoms with Crippen LogP contribution in [0.15, 0.2) is 39.5 Å². The molecule has 18 nitrogen and oxygen atoms in total. The van der Waals surface area contributed by atoms with Crippen LogP contribution in [0.2, 0.25) is 0 Å². The van der Waals surface area contributed by atoms with Crippen LogP contribution in [0.1, 0.15) is 0 Å². The molecule has 0 spiro atoms. The van der Waals surface area contributed by atoms with E-state index in [1.54, 1.807) is 0 Å². The molecular formula is C29H32O18. The number of hydrogen-bond donors (Lipinski definition) is 9. The van der Waals surface area contributed by atoms with E-state index in [0.29, 0.717) is 0 Å². The summed E-state index contributed by atoms with van der Waals surface area (Å²) in [5.41, 5.74) is -0.761. The van der Waals surface area contributed by atoms with Gasteiger partial charge in [-0.15, -0.1) is 0 Å². The van der Waals surface area contributed by atoms with E-state index < -0.39 is 85.2 Å². The van der Waals surface area contributed by atoms with E-state index in [1.807, 2.05) is 0 Å². The predicted octanol–water partition coefficient (Wildman–Crippen LogP) is -2.37. The first kappa shape index (κ1) is 34.1. The lowest BCUT2D eigenvalue weighted by Gasteiger charge is -2.39. The highest BCUT2D eigenvalue weighted by Gasteiger charge is 2.48. The third-order valence-corrected chi connectivity index (χ3v) is 7.68. The van der Waals surface area contributed by atoms with Gasteiger partial charge in [-0.05, 0) is 12.1 Å². The summed E-state index contributed by atoms with van der Waals surface area (Å²) in [6.45, 7) is -0.691. The van der Waals surface area contributed by atoms with Gasteiger partial charge in [0.1, 0.15) is 71.0 Å². The molecule has 2 aliphatic heterocycles. The average molecular weight is 669 g/mol. The van der Waals surface area contributed by atoms with E-state index in [4.69, 9.17) is 32.8 Å². The lowest BCUT2D eigenvalue weighted by atomic mass is 9.99. The van der Waals surface area contributed by atoms with Gasteiger partial charge >= 0.3 is 5.97 Å². The standard InChI is InChI=1S/C29H32O18/c1-41-15-3-9(4-16(42-2)25(15)46-29-23(37)20(34)19(33)17(8-30)45-29)13-7-12(32)18-11(31)5-10(6-14(18)44-13)43-28-24(38)21(35)22(36)26(47-28)27(39)40/h3-7,17,19-24,26,28-31,33-38H,8H2,1-2H3,(H,39,40)/t17-,19-,20+,21+,22+,23-,24-,26+,28-,29+/m1/s1. The summed E-state index contributed by atoms with van der Waals surface area (Å²) in [5.74, 6) is -2.80. The molecule has 2 aliphatic rings. The second-order valence-electron chi connectivity index (χ2n) is 10.7. The Labute approximate surface area is 263 Å². The van der Waals surface area contributed by atoms with Crippen molar-refractivity contribution in [2.45, 2.75) is 61.4 Å². The second-order valence-corrected chi connectivity index (χ2v) is 10.7. The molecule has 0 aliphatic carbocycles. The Morgan fingerprint density at radius 2 is 1.38 bits per heavy atom. The van der Waals surface area contributed by atoms with Crippen LogP contribution in [-0.2, 0) is 14.3 Å². The van der Waals surface area contributed by atoms with Gasteiger partial charge in [0.25, 0.3) is 0 Å². The predicted molar refractivity (Wildman–Crippen MR) is 152 cm³/mol. The number of carboxylic acids is 1. The van der Waals surface area contributed by atoms with E-state index >= 15 is 0 Å². The van der Waals surface area contributed by atoms with Gasteiger partial charge in [-0.2, -0.15) is 0 Å². The zero-order valence-corrected chi connectivity index (χ0v) is 24.6. The van der Waals surface area contributed by atoms with Gasteiger partial charge in [-0.25, -0.2) is 4.79 Å². The van der Waals surface area contributed by atoms with Gasteiger partial charge in [0.05, 0.1) is 20.8 Å². The zero-order chi connectivity index (χ0) is 34.3. The topological polar surface area (TPSA) is 285 Å². The van der Waals surface area contributed by atoms with Crippen LogP contribution in [0.4, 0.5) is 0 Å². The van der Waals surface area contributed by atoms with Crippen molar-refractivity contribution in [3.8, 4) is 40.1 Å². The van der Waals surface area contributed by atoms with E-state index in [-0.39, 0.29) is 45.3 Å². The summed E-state index contributed by atoms with van der Waals surface area (Å²) in [6.07, 6.45) is -17.5. The van der Waals surface area contributed by atoms with Gasteiger partial charge in [0, 0.05) is 23.8 Å². The molecule has 0 saturated carbocycles. The summed E-state index contributed by atoms with van der Waals surface area (Å²) in [6, 6.07) is 5.88. The number of phenols is 1. The Kier molecular flexibility index (Phi) is 9.78. The molecule has 47 heavy (non-hydrogen) atoms. The Morgan fingerprint density at radius 1 is 0.787 bits per heavy atom. The summed E-state index contributed by atoms with van der Waals surface area (Å²) in [7, 11) is 2.53. The van der Waals surface area contributed by atoms with Crippen LogP contribution in [0.3, 0.4) is 0 Å². The number of aliphatic carboxylic acids is 1. The second kappa shape index (κ2) is 13.5. The minimum absolute atomic E-state index is 0.0313. The maximum atomic E-state index is 13.1. The molecule has 1 aromatic heterocycles. The fraction of sp³-hybridized carbons (Fsp3) is 0.448. The molecule has 256 valence electrons. The fourth-order valence-corrected chi connectivity index (χ4v) is 5.16. The molecule has 5 rings (SSSR count). The van der Waals surface area contributed by atoms with Crippen molar-refractivity contribution in [1.29, 1.82) is 0 Å².